The summed E-state index contributed by atoms with van der Waals surface area (Å²) in [5.74, 6) is 2.76. The lowest BCUT2D eigenvalue weighted by Gasteiger charge is -2.12. The zero-order valence-electron chi connectivity index (χ0n) is 10.7. The second kappa shape index (κ2) is 4.96. The molecule has 98 valence electrons. The van der Waals surface area contributed by atoms with Gasteiger partial charge in [0.05, 0.1) is 0 Å². The Morgan fingerprint density at radius 2 is 1.89 bits per heavy atom. The predicted molar refractivity (Wildman–Crippen MR) is 85.6 cm³/mol. The smallest absolute Gasteiger partial charge is 0.139 e. The van der Waals surface area contributed by atoms with Gasteiger partial charge in [0.1, 0.15) is 17.5 Å². The monoisotopic (exact) mass is 366 g/mol. The van der Waals surface area contributed by atoms with E-state index in [0.717, 1.165) is 22.9 Å². The average Bonchev–Trinajstić information content (AvgIpc) is 3.21. The molecule has 1 aliphatic rings. The summed E-state index contributed by atoms with van der Waals surface area (Å²) < 4.78 is 1.21. The first-order chi connectivity index (χ1) is 9.13. The number of nitrogen functional groups attached to an aromatic ring is 1. The third-order valence-electron chi connectivity index (χ3n) is 3.25. The lowest BCUT2D eigenvalue weighted by atomic mass is 10.2. The molecule has 0 unspecified atom stereocenters. The summed E-state index contributed by atoms with van der Waals surface area (Å²) in [6.07, 6.45) is 2.34. The van der Waals surface area contributed by atoms with Crippen LogP contribution in [0.3, 0.4) is 0 Å². The zero-order valence-corrected chi connectivity index (χ0v) is 12.8. The molecule has 1 aromatic carbocycles. The number of nitrogens with one attached hydrogen (secondary N) is 1. The van der Waals surface area contributed by atoms with Gasteiger partial charge in [-0.25, -0.2) is 9.97 Å². The van der Waals surface area contributed by atoms with Gasteiger partial charge in [-0.15, -0.1) is 0 Å². The molecule has 2 aromatic rings. The Bertz CT molecular complexity index is 606. The quantitative estimate of drug-likeness (QED) is 0.815. The van der Waals surface area contributed by atoms with E-state index in [1.54, 1.807) is 0 Å². The molecule has 0 saturated heterocycles. The van der Waals surface area contributed by atoms with Crippen molar-refractivity contribution in [1.29, 1.82) is 0 Å². The maximum absolute atomic E-state index is 5.97. The number of halogens is 1. The molecular formula is C14H15IN4. The number of anilines is 3. The maximum atomic E-state index is 5.97. The summed E-state index contributed by atoms with van der Waals surface area (Å²) in [4.78, 5) is 8.99. The Hall–Kier alpha value is -1.37. The van der Waals surface area contributed by atoms with Crippen molar-refractivity contribution >= 4 is 39.9 Å². The van der Waals surface area contributed by atoms with Gasteiger partial charge in [-0.1, -0.05) is 0 Å². The largest absolute Gasteiger partial charge is 0.383 e. The Morgan fingerprint density at radius 3 is 2.53 bits per heavy atom. The van der Waals surface area contributed by atoms with Crippen LogP contribution in [0.15, 0.2) is 24.3 Å². The summed E-state index contributed by atoms with van der Waals surface area (Å²) in [7, 11) is 0. The molecular weight excluding hydrogens is 351 g/mol. The summed E-state index contributed by atoms with van der Waals surface area (Å²) in [6.45, 7) is 1.95. The van der Waals surface area contributed by atoms with Crippen molar-refractivity contribution in [2.24, 2.45) is 0 Å². The van der Waals surface area contributed by atoms with E-state index in [4.69, 9.17) is 5.73 Å². The highest BCUT2D eigenvalue weighted by Crippen LogP contribution is 2.39. The van der Waals surface area contributed by atoms with Gasteiger partial charge < -0.3 is 11.1 Å². The van der Waals surface area contributed by atoms with Crippen LogP contribution in [0.2, 0.25) is 0 Å². The van der Waals surface area contributed by atoms with Crippen LogP contribution in [0.1, 0.15) is 30.1 Å². The molecule has 0 radical (unpaired) electrons. The number of rotatable bonds is 3. The maximum Gasteiger partial charge on any atom is 0.139 e. The van der Waals surface area contributed by atoms with Gasteiger partial charge in [0.2, 0.25) is 0 Å². The SMILES string of the molecule is Cc1c(N)nc(C2CC2)nc1Nc1ccc(I)cc1. The number of aromatic nitrogens is 2. The fraction of sp³-hybridized carbons (Fsp3) is 0.286. The molecule has 1 heterocycles. The highest BCUT2D eigenvalue weighted by molar-refractivity contribution is 14.1. The summed E-state index contributed by atoms with van der Waals surface area (Å²) in [5.41, 5.74) is 7.89. The third kappa shape index (κ3) is 2.80. The van der Waals surface area contributed by atoms with Crippen LogP contribution in [-0.4, -0.2) is 9.97 Å². The normalized spacial score (nSPS) is 14.4. The first-order valence-corrected chi connectivity index (χ1v) is 7.38. The van der Waals surface area contributed by atoms with Crippen LogP contribution >= 0.6 is 22.6 Å². The highest BCUT2D eigenvalue weighted by atomic mass is 127. The number of hydrogen-bond donors (Lipinski definition) is 2. The van der Waals surface area contributed by atoms with Crippen molar-refractivity contribution < 1.29 is 0 Å². The zero-order chi connectivity index (χ0) is 13.4. The summed E-state index contributed by atoms with van der Waals surface area (Å²) in [6, 6.07) is 8.20. The van der Waals surface area contributed by atoms with Gasteiger partial charge in [-0.3, -0.25) is 0 Å². The molecule has 0 bridgehead atoms. The van der Waals surface area contributed by atoms with Crippen molar-refractivity contribution in [3.8, 4) is 0 Å². The van der Waals surface area contributed by atoms with Crippen LogP contribution in [0.4, 0.5) is 17.3 Å². The minimum atomic E-state index is 0.500. The number of hydrogen-bond acceptors (Lipinski definition) is 4. The van der Waals surface area contributed by atoms with Crippen molar-refractivity contribution in [2.75, 3.05) is 11.1 Å². The average molecular weight is 366 g/mol. The molecule has 5 heteroatoms. The number of benzene rings is 1. The molecule has 0 aliphatic heterocycles. The Labute approximate surface area is 126 Å². The summed E-state index contributed by atoms with van der Waals surface area (Å²) in [5, 5.41) is 3.33. The van der Waals surface area contributed by atoms with Crippen LogP contribution < -0.4 is 11.1 Å². The Kier molecular flexibility index (Phi) is 3.30. The minimum Gasteiger partial charge on any atom is -0.383 e. The van der Waals surface area contributed by atoms with E-state index >= 15 is 0 Å². The van der Waals surface area contributed by atoms with E-state index in [1.807, 2.05) is 19.1 Å². The van der Waals surface area contributed by atoms with Gasteiger partial charge in [-0.05, 0) is 66.6 Å². The van der Waals surface area contributed by atoms with Gasteiger partial charge >= 0.3 is 0 Å². The fourth-order valence-corrected chi connectivity index (χ4v) is 2.23. The molecule has 0 spiro atoms. The molecule has 0 atom stereocenters. The first-order valence-electron chi connectivity index (χ1n) is 6.30. The second-order valence-corrected chi connectivity index (χ2v) is 6.09. The van der Waals surface area contributed by atoms with E-state index in [1.165, 1.54) is 16.4 Å². The van der Waals surface area contributed by atoms with Gasteiger partial charge in [0, 0.05) is 20.7 Å². The lowest BCUT2D eigenvalue weighted by Crippen LogP contribution is -2.06. The molecule has 1 fully saturated rings. The third-order valence-corrected chi connectivity index (χ3v) is 3.97. The molecule has 3 rings (SSSR count). The molecule has 1 aromatic heterocycles. The van der Waals surface area contributed by atoms with Crippen LogP contribution in [0.5, 0.6) is 0 Å². The molecule has 0 amide bonds. The van der Waals surface area contributed by atoms with Gasteiger partial charge in [0.15, 0.2) is 0 Å². The molecule has 4 nitrogen and oxygen atoms in total. The number of nitrogens with two attached hydrogens (primary N) is 1. The minimum absolute atomic E-state index is 0.500. The highest BCUT2D eigenvalue weighted by Gasteiger charge is 2.27. The van der Waals surface area contributed by atoms with E-state index in [9.17, 15) is 0 Å². The van der Waals surface area contributed by atoms with Crippen molar-refractivity contribution in [3.63, 3.8) is 0 Å². The van der Waals surface area contributed by atoms with E-state index < -0.39 is 0 Å². The molecule has 1 aliphatic carbocycles. The van der Waals surface area contributed by atoms with E-state index in [2.05, 4.69) is 50.0 Å². The van der Waals surface area contributed by atoms with Crippen LogP contribution in [-0.2, 0) is 0 Å². The van der Waals surface area contributed by atoms with Crippen molar-refractivity contribution in [2.45, 2.75) is 25.7 Å². The standard InChI is InChI=1S/C14H15IN4/c1-8-12(16)18-14(9-2-3-9)19-13(8)17-11-6-4-10(15)5-7-11/h4-7,9H,2-3H2,1H3,(H3,16,17,18,19). The van der Waals surface area contributed by atoms with E-state index in [-0.39, 0.29) is 0 Å². The van der Waals surface area contributed by atoms with E-state index in [0.29, 0.717) is 11.7 Å². The Balaban J connectivity index is 1.92. The van der Waals surface area contributed by atoms with Gasteiger partial charge in [0.25, 0.3) is 0 Å². The topological polar surface area (TPSA) is 63.8 Å². The Morgan fingerprint density at radius 1 is 1.21 bits per heavy atom. The van der Waals surface area contributed by atoms with Crippen molar-refractivity contribution in [1.82, 2.24) is 9.97 Å². The summed E-state index contributed by atoms with van der Waals surface area (Å²) >= 11 is 2.29. The lowest BCUT2D eigenvalue weighted by molar-refractivity contribution is 0.928. The second-order valence-electron chi connectivity index (χ2n) is 4.85. The first kappa shape index (κ1) is 12.7. The van der Waals surface area contributed by atoms with Crippen LogP contribution in [0.25, 0.3) is 0 Å². The molecule has 19 heavy (non-hydrogen) atoms. The molecule has 3 N–H and O–H groups in total. The molecule has 1 saturated carbocycles. The van der Waals surface area contributed by atoms with Crippen LogP contribution in [0, 0.1) is 10.5 Å². The fourth-order valence-electron chi connectivity index (χ4n) is 1.87. The van der Waals surface area contributed by atoms with Gasteiger partial charge in [-0.2, -0.15) is 0 Å². The van der Waals surface area contributed by atoms with Crippen molar-refractivity contribution in [3.05, 3.63) is 39.2 Å². The number of nitrogens with zero attached hydrogens (tertiary/aromatic N) is 2. The predicted octanol–water partition coefficient (Wildman–Crippen LogP) is 3.59.